The van der Waals surface area contributed by atoms with Gasteiger partial charge in [-0.3, -0.25) is 9.78 Å². The van der Waals surface area contributed by atoms with E-state index in [1.807, 2.05) is 57.2 Å². The topological polar surface area (TPSA) is 69.0 Å². The van der Waals surface area contributed by atoms with Gasteiger partial charge in [-0.2, -0.15) is 0 Å². The molecule has 0 bridgehead atoms. The van der Waals surface area contributed by atoms with Gasteiger partial charge in [0.2, 0.25) is 0 Å². The molecule has 0 fully saturated rings. The van der Waals surface area contributed by atoms with Gasteiger partial charge in [-0.05, 0) is 68.3 Å². The fraction of sp³-hybridized carbons (Fsp3) is 0.240. The fourth-order valence-electron chi connectivity index (χ4n) is 3.75. The Balaban J connectivity index is 1.54. The Morgan fingerprint density at radius 3 is 2.62 bits per heavy atom. The molecule has 2 aromatic carbocycles. The molecule has 0 aliphatic heterocycles. The van der Waals surface area contributed by atoms with Crippen LogP contribution in [0.5, 0.6) is 5.75 Å². The molecular weight excluding hydrogens is 424 g/mol. The number of benzene rings is 2. The number of carbonyl (C=O) groups excluding carboxylic acids is 1. The van der Waals surface area contributed by atoms with Crippen LogP contribution < -0.4 is 10.1 Å². The summed E-state index contributed by atoms with van der Waals surface area (Å²) in [6, 6.07) is 15.0. The van der Waals surface area contributed by atoms with Gasteiger partial charge in [0.1, 0.15) is 18.2 Å². The lowest BCUT2D eigenvalue weighted by Gasteiger charge is -2.17. The molecule has 0 saturated carbocycles. The number of para-hydroxylation sites is 2. The molecule has 6 nitrogen and oxygen atoms in total. The van der Waals surface area contributed by atoms with E-state index in [0.717, 1.165) is 38.8 Å². The van der Waals surface area contributed by atoms with E-state index in [2.05, 4.69) is 14.9 Å². The van der Waals surface area contributed by atoms with Crippen molar-refractivity contribution < 1.29 is 9.53 Å². The zero-order valence-corrected chi connectivity index (χ0v) is 19.1. The summed E-state index contributed by atoms with van der Waals surface area (Å²) in [7, 11) is 0. The van der Waals surface area contributed by atoms with E-state index >= 15 is 0 Å². The first-order chi connectivity index (χ1) is 15.4. The first-order valence-electron chi connectivity index (χ1n) is 10.5. The average molecular weight is 449 g/mol. The number of ether oxygens (including phenoxy) is 1. The van der Waals surface area contributed by atoms with Crippen molar-refractivity contribution in [1.82, 2.24) is 19.9 Å². The summed E-state index contributed by atoms with van der Waals surface area (Å²) in [6.07, 6.45) is 3.19. The van der Waals surface area contributed by atoms with Crippen LogP contribution in [0.3, 0.4) is 0 Å². The Kier molecular flexibility index (Phi) is 6.42. The van der Waals surface area contributed by atoms with Crippen LogP contribution >= 0.6 is 11.6 Å². The van der Waals surface area contributed by atoms with Crippen molar-refractivity contribution in [3.8, 4) is 5.75 Å². The molecule has 0 saturated heterocycles. The lowest BCUT2D eigenvalue weighted by Crippen LogP contribution is -2.29. The quantitative estimate of drug-likeness (QED) is 0.418. The van der Waals surface area contributed by atoms with Crippen LogP contribution in [-0.2, 0) is 6.54 Å². The largest absolute Gasteiger partial charge is 0.492 e. The van der Waals surface area contributed by atoms with Crippen LogP contribution in [-0.4, -0.2) is 27.0 Å². The zero-order chi connectivity index (χ0) is 22.7. The van der Waals surface area contributed by atoms with Gasteiger partial charge in [-0.1, -0.05) is 23.7 Å². The number of rotatable bonds is 7. The molecule has 164 valence electrons. The highest BCUT2D eigenvalue weighted by Crippen LogP contribution is 2.26. The number of amides is 1. The van der Waals surface area contributed by atoms with E-state index in [-0.39, 0.29) is 11.9 Å². The second kappa shape index (κ2) is 9.40. The van der Waals surface area contributed by atoms with Gasteiger partial charge >= 0.3 is 0 Å². The molecular formula is C25H25ClN4O2. The molecule has 0 aliphatic carbocycles. The molecule has 7 heteroatoms. The number of hydrogen-bond acceptors (Lipinski definition) is 4. The average Bonchev–Trinajstić information content (AvgIpc) is 3.17. The third-order valence-electron chi connectivity index (χ3n) is 5.34. The van der Waals surface area contributed by atoms with Gasteiger partial charge in [-0.25, -0.2) is 4.98 Å². The van der Waals surface area contributed by atoms with E-state index < -0.39 is 0 Å². The van der Waals surface area contributed by atoms with Gasteiger partial charge in [0.05, 0.1) is 29.2 Å². The summed E-state index contributed by atoms with van der Waals surface area (Å²) in [4.78, 5) is 21.4. The number of hydrogen-bond donors (Lipinski definition) is 1. The first kappa shape index (κ1) is 21.8. The summed E-state index contributed by atoms with van der Waals surface area (Å²) in [5.74, 6) is 1.37. The van der Waals surface area contributed by atoms with Crippen molar-refractivity contribution in [3.63, 3.8) is 0 Å². The molecule has 4 rings (SSSR count). The van der Waals surface area contributed by atoms with E-state index in [4.69, 9.17) is 21.3 Å². The molecule has 1 atom stereocenters. The molecule has 32 heavy (non-hydrogen) atoms. The molecule has 1 amide bonds. The lowest BCUT2D eigenvalue weighted by atomic mass is 10.1. The summed E-state index contributed by atoms with van der Waals surface area (Å²) in [5.41, 5.74) is 4.36. The zero-order valence-electron chi connectivity index (χ0n) is 18.3. The number of halogens is 1. The van der Waals surface area contributed by atoms with Crippen molar-refractivity contribution in [3.05, 3.63) is 88.5 Å². The fourth-order valence-corrected chi connectivity index (χ4v) is 3.85. The number of imidazole rings is 1. The third kappa shape index (κ3) is 4.60. The smallest absolute Gasteiger partial charge is 0.253 e. The molecule has 0 aliphatic rings. The van der Waals surface area contributed by atoms with Crippen LogP contribution in [0.2, 0.25) is 5.02 Å². The van der Waals surface area contributed by atoms with E-state index in [1.165, 1.54) is 0 Å². The number of nitrogens with one attached hydrogen (secondary N) is 1. The summed E-state index contributed by atoms with van der Waals surface area (Å²) in [6.45, 7) is 6.91. The highest BCUT2D eigenvalue weighted by molar-refractivity contribution is 6.32. The number of aromatic nitrogens is 3. The van der Waals surface area contributed by atoms with Crippen molar-refractivity contribution in [2.45, 2.75) is 33.4 Å². The molecule has 2 heterocycles. The van der Waals surface area contributed by atoms with E-state index in [1.54, 1.807) is 24.5 Å². The lowest BCUT2D eigenvalue weighted by molar-refractivity contribution is 0.0937. The van der Waals surface area contributed by atoms with Gasteiger partial charge < -0.3 is 14.6 Å². The predicted molar refractivity (Wildman–Crippen MR) is 126 cm³/mol. The number of pyridine rings is 1. The van der Waals surface area contributed by atoms with Crippen molar-refractivity contribution in [2.75, 3.05) is 6.61 Å². The van der Waals surface area contributed by atoms with Gasteiger partial charge in [0.25, 0.3) is 5.91 Å². The van der Waals surface area contributed by atoms with E-state index in [0.29, 0.717) is 18.7 Å². The first-order valence-corrected chi connectivity index (χ1v) is 10.9. The minimum Gasteiger partial charge on any atom is -0.492 e. The molecule has 0 spiro atoms. The maximum Gasteiger partial charge on any atom is 0.253 e. The third-order valence-corrected chi connectivity index (χ3v) is 5.93. The monoisotopic (exact) mass is 448 g/mol. The van der Waals surface area contributed by atoms with Crippen molar-refractivity contribution in [2.24, 2.45) is 0 Å². The SMILES string of the molecule is Cc1cc(OCCn2c(C(C)NC(=O)c3cccnc3)nc3ccccc32)cc(C)c1Cl. The Morgan fingerprint density at radius 2 is 1.91 bits per heavy atom. The molecule has 1 N–H and O–H groups in total. The standard InChI is InChI=1S/C25H25ClN4O2/c1-16-13-20(14-17(2)23(16)26)32-12-11-30-22-9-5-4-8-21(22)29-24(30)18(3)28-25(31)19-7-6-10-27-15-19/h4-10,13-15,18H,11-12H2,1-3H3,(H,28,31). The summed E-state index contributed by atoms with van der Waals surface area (Å²) in [5, 5.41) is 3.79. The minimum absolute atomic E-state index is 0.187. The molecule has 0 radical (unpaired) electrons. The van der Waals surface area contributed by atoms with Crippen LogP contribution in [0.25, 0.3) is 11.0 Å². The Labute approximate surface area is 192 Å². The maximum atomic E-state index is 12.6. The predicted octanol–water partition coefficient (Wildman–Crippen LogP) is 5.27. The molecule has 1 unspecified atom stereocenters. The van der Waals surface area contributed by atoms with Crippen LogP contribution in [0.4, 0.5) is 0 Å². The maximum absolute atomic E-state index is 12.6. The van der Waals surface area contributed by atoms with Crippen molar-refractivity contribution >= 4 is 28.5 Å². The van der Waals surface area contributed by atoms with E-state index in [9.17, 15) is 4.79 Å². The Hall–Kier alpha value is -3.38. The van der Waals surface area contributed by atoms with Crippen LogP contribution in [0.1, 0.15) is 40.3 Å². The second-order valence-electron chi connectivity index (χ2n) is 7.77. The molecule has 4 aromatic rings. The van der Waals surface area contributed by atoms with Gasteiger partial charge in [0, 0.05) is 17.4 Å². The number of fused-ring (bicyclic) bond motifs is 1. The number of carbonyl (C=O) groups is 1. The van der Waals surface area contributed by atoms with Crippen LogP contribution in [0, 0.1) is 13.8 Å². The summed E-state index contributed by atoms with van der Waals surface area (Å²) < 4.78 is 8.12. The van der Waals surface area contributed by atoms with Gasteiger partial charge in [0.15, 0.2) is 0 Å². The second-order valence-corrected chi connectivity index (χ2v) is 8.14. The molecule has 2 aromatic heterocycles. The summed E-state index contributed by atoms with van der Waals surface area (Å²) >= 11 is 6.27. The number of nitrogens with zero attached hydrogens (tertiary/aromatic N) is 3. The van der Waals surface area contributed by atoms with Crippen molar-refractivity contribution in [1.29, 1.82) is 0 Å². The highest BCUT2D eigenvalue weighted by atomic mass is 35.5. The minimum atomic E-state index is -0.296. The van der Waals surface area contributed by atoms with Gasteiger partial charge in [-0.15, -0.1) is 0 Å². The Morgan fingerprint density at radius 1 is 1.16 bits per heavy atom. The number of aryl methyl sites for hydroxylation is 2. The van der Waals surface area contributed by atoms with Crippen LogP contribution in [0.15, 0.2) is 60.9 Å². The normalized spacial score (nSPS) is 12.0. The Bertz CT molecular complexity index is 1230. The highest BCUT2D eigenvalue weighted by Gasteiger charge is 2.19.